The fourth-order valence-corrected chi connectivity index (χ4v) is 4.49. The Labute approximate surface area is 144 Å². The molecule has 3 aliphatic heterocycles. The lowest BCUT2D eigenvalue weighted by atomic mass is 9.88. The molecule has 2 fully saturated rings. The van der Waals surface area contributed by atoms with Crippen molar-refractivity contribution in [3.05, 3.63) is 35.4 Å². The molecule has 24 heavy (non-hydrogen) atoms. The topological polar surface area (TPSA) is 32.8 Å². The van der Waals surface area contributed by atoms with Crippen molar-refractivity contribution in [1.82, 2.24) is 9.80 Å². The lowest BCUT2D eigenvalue weighted by molar-refractivity contribution is -0.132. The molecule has 1 aromatic rings. The molecule has 4 rings (SSSR count). The average Bonchev–Trinajstić information content (AvgIpc) is 2.65. The Balaban J connectivity index is 1.27. The Kier molecular flexibility index (Phi) is 4.86. The lowest BCUT2D eigenvalue weighted by Gasteiger charge is -2.41. The number of rotatable bonds is 3. The molecular weight excluding hydrogens is 300 g/mol. The highest BCUT2D eigenvalue weighted by Crippen LogP contribution is 2.28. The molecule has 0 saturated carbocycles. The second-order valence-electron chi connectivity index (χ2n) is 7.48. The van der Waals surface area contributed by atoms with Crippen molar-refractivity contribution in [2.24, 2.45) is 5.92 Å². The van der Waals surface area contributed by atoms with Crippen molar-refractivity contribution in [2.75, 3.05) is 32.8 Å². The molecule has 0 bridgehead atoms. The average molecular weight is 328 g/mol. The first-order valence-corrected chi connectivity index (χ1v) is 9.48. The number of hydrogen-bond donors (Lipinski definition) is 0. The van der Waals surface area contributed by atoms with Gasteiger partial charge in [-0.2, -0.15) is 0 Å². The zero-order valence-corrected chi connectivity index (χ0v) is 14.5. The molecule has 1 aromatic carbocycles. The van der Waals surface area contributed by atoms with E-state index in [4.69, 9.17) is 4.74 Å². The van der Waals surface area contributed by atoms with Crippen LogP contribution < -0.4 is 0 Å². The molecule has 1 amide bonds. The van der Waals surface area contributed by atoms with Gasteiger partial charge in [0.15, 0.2) is 0 Å². The molecular formula is C20H28N2O2. The second kappa shape index (κ2) is 7.24. The van der Waals surface area contributed by atoms with Gasteiger partial charge < -0.3 is 14.5 Å². The highest BCUT2D eigenvalue weighted by atomic mass is 16.5. The molecule has 0 aliphatic carbocycles. The number of nitrogens with zero attached hydrogens (tertiary/aromatic N) is 2. The van der Waals surface area contributed by atoms with Crippen LogP contribution in [0.3, 0.4) is 0 Å². The van der Waals surface area contributed by atoms with Gasteiger partial charge in [0.25, 0.3) is 0 Å². The smallest absolute Gasteiger partial charge is 0.224 e. The first-order valence-electron chi connectivity index (χ1n) is 9.48. The van der Waals surface area contributed by atoms with E-state index in [0.717, 1.165) is 52.2 Å². The second-order valence-corrected chi connectivity index (χ2v) is 7.48. The molecule has 0 unspecified atom stereocenters. The van der Waals surface area contributed by atoms with Crippen LogP contribution in [0.15, 0.2) is 24.3 Å². The van der Waals surface area contributed by atoms with E-state index in [1.807, 2.05) is 4.90 Å². The van der Waals surface area contributed by atoms with E-state index in [9.17, 15) is 4.79 Å². The first-order chi connectivity index (χ1) is 11.8. The van der Waals surface area contributed by atoms with Crippen molar-refractivity contribution in [3.63, 3.8) is 0 Å². The molecule has 4 heteroatoms. The number of likely N-dealkylation sites (tertiary alicyclic amines) is 1. The van der Waals surface area contributed by atoms with E-state index >= 15 is 0 Å². The highest BCUT2D eigenvalue weighted by Gasteiger charge is 2.32. The predicted molar refractivity (Wildman–Crippen MR) is 93.7 cm³/mol. The fraction of sp³-hybridized carbons (Fsp3) is 0.650. The van der Waals surface area contributed by atoms with Crippen molar-refractivity contribution >= 4 is 5.91 Å². The van der Waals surface area contributed by atoms with E-state index in [1.165, 1.54) is 24.0 Å². The van der Waals surface area contributed by atoms with Gasteiger partial charge in [-0.15, -0.1) is 0 Å². The largest absolute Gasteiger partial charge is 0.378 e. The van der Waals surface area contributed by atoms with Crippen molar-refractivity contribution in [3.8, 4) is 0 Å². The van der Waals surface area contributed by atoms with Crippen LogP contribution in [-0.2, 0) is 22.5 Å². The number of ether oxygens (including phenoxy) is 1. The molecule has 3 heterocycles. The maximum Gasteiger partial charge on any atom is 0.224 e. The summed E-state index contributed by atoms with van der Waals surface area (Å²) >= 11 is 0. The highest BCUT2D eigenvalue weighted by molar-refractivity contribution is 5.76. The SMILES string of the molecule is O=C(CCN1CC[C@@H]2OCCC[C@H]2C1)N1CCc2ccccc2C1. The van der Waals surface area contributed by atoms with E-state index in [2.05, 4.69) is 29.2 Å². The molecule has 4 nitrogen and oxygen atoms in total. The van der Waals surface area contributed by atoms with Crippen LogP contribution in [0.2, 0.25) is 0 Å². The predicted octanol–water partition coefficient (Wildman–Crippen LogP) is 2.46. The van der Waals surface area contributed by atoms with Crippen LogP contribution in [0.1, 0.15) is 36.8 Å². The van der Waals surface area contributed by atoms with Crippen molar-refractivity contribution in [2.45, 2.75) is 44.8 Å². The summed E-state index contributed by atoms with van der Waals surface area (Å²) in [6.45, 7) is 5.69. The minimum absolute atomic E-state index is 0.312. The van der Waals surface area contributed by atoms with Crippen LogP contribution in [0.25, 0.3) is 0 Å². The van der Waals surface area contributed by atoms with E-state index in [0.29, 0.717) is 24.3 Å². The van der Waals surface area contributed by atoms with E-state index in [-0.39, 0.29) is 0 Å². The monoisotopic (exact) mass is 328 g/mol. The first kappa shape index (κ1) is 16.1. The third-order valence-electron chi connectivity index (χ3n) is 5.92. The van der Waals surface area contributed by atoms with E-state index < -0.39 is 0 Å². The number of fused-ring (bicyclic) bond motifs is 2. The molecule has 0 aromatic heterocycles. The zero-order valence-electron chi connectivity index (χ0n) is 14.5. The Morgan fingerprint density at radius 3 is 2.96 bits per heavy atom. The maximum absolute atomic E-state index is 12.6. The molecule has 2 atom stereocenters. The fourth-order valence-electron chi connectivity index (χ4n) is 4.49. The van der Waals surface area contributed by atoms with Crippen LogP contribution in [0.5, 0.6) is 0 Å². The third-order valence-corrected chi connectivity index (χ3v) is 5.92. The number of benzene rings is 1. The summed E-state index contributed by atoms with van der Waals surface area (Å²) in [7, 11) is 0. The summed E-state index contributed by atoms with van der Waals surface area (Å²) in [4.78, 5) is 17.1. The summed E-state index contributed by atoms with van der Waals surface area (Å²) in [5.74, 6) is 0.996. The van der Waals surface area contributed by atoms with E-state index in [1.54, 1.807) is 0 Å². The van der Waals surface area contributed by atoms with Gasteiger partial charge in [-0.1, -0.05) is 24.3 Å². The normalized spacial score (nSPS) is 27.4. The molecule has 0 N–H and O–H groups in total. The standard InChI is InChI=1S/C20H28N2O2/c23-20(22-12-7-16-4-1-2-5-17(16)15-22)9-11-21-10-8-19-18(14-21)6-3-13-24-19/h1-2,4-5,18-19H,3,6-15H2/t18-,19-/m0/s1. The van der Waals surface area contributed by atoms with Gasteiger partial charge in [-0.05, 0) is 42.7 Å². The van der Waals surface area contributed by atoms with Gasteiger partial charge in [-0.3, -0.25) is 4.79 Å². The quantitative estimate of drug-likeness (QED) is 0.854. The Bertz CT molecular complexity index is 589. The lowest BCUT2D eigenvalue weighted by Crippen LogP contribution is -2.47. The summed E-state index contributed by atoms with van der Waals surface area (Å²) in [5.41, 5.74) is 2.72. The van der Waals surface area contributed by atoms with Crippen LogP contribution in [0.4, 0.5) is 0 Å². The van der Waals surface area contributed by atoms with Gasteiger partial charge in [0, 0.05) is 45.8 Å². The van der Waals surface area contributed by atoms with Gasteiger partial charge in [-0.25, -0.2) is 0 Å². The Morgan fingerprint density at radius 2 is 2.04 bits per heavy atom. The number of hydrogen-bond acceptors (Lipinski definition) is 3. The summed E-state index contributed by atoms with van der Waals surface area (Å²) in [6.07, 6.45) is 5.74. The number of carbonyl (C=O) groups excluding carboxylic acids is 1. The Hall–Kier alpha value is -1.39. The molecule has 0 radical (unpaired) electrons. The summed E-state index contributed by atoms with van der Waals surface area (Å²) in [6, 6.07) is 8.51. The molecule has 2 saturated heterocycles. The van der Waals surface area contributed by atoms with Crippen molar-refractivity contribution in [1.29, 1.82) is 0 Å². The van der Waals surface area contributed by atoms with Gasteiger partial charge in [0.1, 0.15) is 0 Å². The zero-order chi connectivity index (χ0) is 16.4. The number of piperidine rings is 1. The van der Waals surface area contributed by atoms with Gasteiger partial charge >= 0.3 is 0 Å². The third kappa shape index (κ3) is 3.50. The van der Waals surface area contributed by atoms with Crippen LogP contribution >= 0.6 is 0 Å². The molecule has 130 valence electrons. The number of amides is 1. The van der Waals surface area contributed by atoms with Gasteiger partial charge in [0.2, 0.25) is 5.91 Å². The van der Waals surface area contributed by atoms with Gasteiger partial charge in [0.05, 0.1) is 6.10 Å². The summed E-state index contributed by atoms with van der Waals surface area (Å²) in [5, 5.41) is 0. The van der Waals surface area contributed by atoms with Crippen LogP contribution in [0, 0.1) is 5.92 Å². The minimum atomic E-state index is 0.312. The maximum atomic E-state index is 12.6. The number of carbonyl (C=O) groups is 1. The molecule has 0 spiro atoms. The van der Waals surface area contributed by atoms with Crippen LogP contribution in [-0.4, -0.2) is 54.6 Å². The Morgan fingerprint density at radius 1 is 1.17 bits per heavy atom. The molecule has 3 aliphatic rings. The minimum Gasteiger partial charge on any atom is -0.378 e. The summed E-state index contributed by atoms with van der Waals surface area (Å²) < 4.78 is 5.88. The van der Waals surface area contributed by atoms with Crippen molar-refractivity contribution < 1.29 is 9.53 Å².